The zero-order chi connectivity index (χ0) is 17.3. The van der Waals surface area contributed by atoms with Gasteiger partial charge in [0.2, 0.25) is 0 Å². The molecule has 0 bridgehead atoms. The highest BCUT2D eigenvalue weighted by Gasteiger charge is 2.12. The quantitative estimate of drug-likeness (QED) is 0.419. The van der Waals surface area contributed by atoms with Gasteiger partial charge >= 0.3 is 5.63 Å². The second-order valence-electron chi connectivity index (χ2n) is 5.58. The van der Waals surface area contributed by atoms with Crippen molar-refractivity contribution in [1.82, 2.24) is 9.78 Å². The highest BCUT2D eigenvalue weighted by molar-refractivity contribution is 6.07. The number of carbonyl (C=O) groups excluding carboxylic acids is 1. The molecule has 0 radical (unpaired) electrons. The number of aryl methyl sites for hydroxylation is 2. The van der Waals surface area contributed by atoms with Crippen molar-refractivity contribution in [3.8, 4) is 0 Å². The molecule has 3 aromatic rings. The van der Waals surface area contributed by atoms with Crippen LogP contribution in [0.2, 0.25) is 0 Å². The molecule has 2 heterocycles. The minimum atomic E-state index is -0.624. The van der Waals surface area contributed by atoms with Gasteiger partial charge in [-0.2, -0.15) is 5.10 Å². The Bertz CT molecular complexity index is 1010. The van der Waals surface area contributed by atoms with Gasteiger partial charge in [-0.1, -0.05) is 18.2 Å². The van der Waals surface area contributed by atoms with E-state index in [0.717, 1.165) is 28.9 Å². The van der Waals surface area contributed by atoms with Gasteiger partial charge in [0.1, 0.15) is 11.1 Å². The molecular formula is C19H18N2O3. The molecule has 0 saturated heterocycles. The summed E-state index contributed by atoms with van der Waals surface area (Å²) in [5.41, 5.74) is 2.62. The molecule has 0 saturated carbocycles. The molecule has 1 aromatic carbocycles. The van der Waals surface area contributed by atoms with E-state index in [1.54, 1.807) is 30.3 Å². The van der Waals surface area contributed by atoms with Crippen LogP contribution < -0.4 is 5.63 Å². The van der Waals surface area contributed by atoms with Crippen LogP contribution in [0.3, 0.4) is 0 Å². The van der Waals surface area contributed by atoms with Crippen molar-refractivity contribution in [3.05, 3.63) is 69.3 Å². The Morgan fingerprint density at radius 3 is 2.75 bits per heavy atom. The van der Waals surface area contributed by atoms with E-state index >= 15 is 0 Å². The molecule has 5 heteroatoms. The highest BCUT2D eigenvalue weighted by atomic mass is 16.4. The molecule has 0 N–H and O–H groups in total. The predicted octanol–water partition coefficient (Wildman–Crippen LogP) is 3.52. The second-order valence-corrected chi connectivity index (χ2v) is 5.58. The molecule has 0 unspecified atom stereocenters. The van der Waals surface area contributed by atoms with Crippen molar-refractivity contribution in [1.29, 1.82) is 0 Å². The van der Waals surface area contributed by atoms with Crippen LogP contribution >= 0.6 is 0 Å². The van der Waals surface area contributed by atoms with Crippen molar-refractivity contribution < 1.29 is 9.21 Å². The molecule has 0 spiro atoms. The first-order valence-electron chi connectivity index (χ1n) is 7.80. The summed E-state index contributed by atoms with van der Waals surface area (Å²) in [4.78, 5) is 24.4. The van der Waals surface area contributed by atoms with Crippen molar-refractivity contribution in [2.45, 2.75) is 27.3 Å². The number of ketones is 1. The SMILES string of the molecule is CCn1nc(C)c(C=CC(=O)c2cc3ccccc3oc2=O)c1C. The summed E-state index contributed by atoms with van der Waals surface area (Å²) in [7, 11) is 0. The zero-order valence-electron chi connectivity index (χ0n) is 13.9. The maximum Gasteiger partial charge on any atom is 0.347 e. The Morgan fingerprint density at radius 2 is 2.04 bits per heavy atom. The van der Waals surface area contributed by atoms with Gasteiger partial charge in [-0.05, 0) is 45.1 Å². The molecule has 0 aliphatic heterocycles. The van der Waals surface area contributed by atoms with E-state index in [0.29, 0.717) is 5.58 Å². The van der Waals surface area contributed by atoms with E-state index in [-0.39, 0.29) is 11.3 Å². The normalized spacial score (nSPS) is 11.5. The molecule has 0 fully saturated rings. The van der Waals surface area contributed by atoms with Crippen LogP contribution in [-0.4, -0.2) is 15.6 Å². The van der Waals surface area contributed by atoms with Gasteiger partial charge < -0.3 is 4.42 Å². The lowest BCUT2D eigenvalue weighted by Gasteiger charge is -1.99. The maximum atomic E-state index is 12.4. The number of nitrogens with zero attached hydrogens (tertiary/aromatic N) is 2. The largest absolute Gasteiger partial charge is 0.422 e. The lowest BCUT2D eigenvalue weighted by Crippen LogP contribution is -2.11. The van der Waals surface area contributed by atoms with Crippen LogP contribution in [0.4, 0.5) is 0 Å². The van der Waals surface area contributed by atoms with Gasteiger partial charge in [0.25, 0.3) is 0 Å². The van der Waals surface area contributed by atoms with E-state index in [1.165, 1.54) is 6.08 Å². The maximum absolute atomic E-state index is 12.4. The first kappa shape index (κ1) is 15.9. The first-order chi connectivity index (χ1) is 11.5. The Kier molecular flexibility index (Phi) is 4.16. The van der Waals surface area contributed by atoms with Gasteiger partial charge in [-0.3, -0.25) is 9.48 Å². The second kappa shape index (κ2) is 6.28. The summed E-state index contributed by atoms with van der Waals surface area (Å²) in [6, 6.07) is 8.69. The van der Waals surface area contributed by atoms with Crippen LogP contribution in [0.1, 0.15) is 34.2 Å². The summed E-state index contributed by atoms with van der Waals surface area (Å²) in [5.74, 6) is -0.377. The van der Waals surface area contributed by atoms with Crippen LogP contribution in [0.15, 0.2) is 45.6 Å². The molecule has 24 heavy (non-hydrogen) atoms. The molecule has 0 aliphatic rings. The topological polar surface area (TPSA) is 65.1 Å². The smallest absolute Gasteiger partial charge is 0.347 e. The van der Waals surface area contributed by atoms with Crippen molar-refractivity contribution >= 4 is 22.8 Å². The fraction of sp³-hybridized carbons (Fsp3) is 0.211. The summed E-state index contributed by atoms with van der Waals surface area (Å²) >= 11 is 0. The van der Waals surface area contributed by atoms with Gasteiger partial charge in [-0.25, -0.2) is 4.79 Å². The summed E-state index contributed by atoms with van der Waals surface area (Å²) < 4.78 is 7.09. The van der Waals surface area contributed by atoms with E-state index in [2.05, 4.69) is 5.10 Å². The number of hydrogen-bond donors (Lipinski definition) is 0. The third kappa shape index (κ3) is 2.80. The predicted molar refractivity (Wildman–Crippen MR) is 93.2 cm³/mol. The zero-order valence-corrected chi connectivity index (χ0v) is 13.9. The van der Waals surface area contributed by atoms with Gasteiger partial charge in [0.15, 0.2) is 5.78 Å². The van der Waals surface area contributed by atoms with Crippen LogP contribution in [-0.2, 0) is 6.54 Å². The van der Waals surface area contributed by atoms with Crippen molar-refractivity contribution in [3.63, 3.8) is 0 Å². The van der Waals surface area contributed by atoms with Crippen LogP contribution in [0.5, 0.6) is 0 Å². The van der Waals surface area contributed by atoms with E-state index in [1.807, 2.05) is 31.5 Å². The van der Waals surface area contributed by atoms with Gasteiger partial charge in [-0.15, -0.1) is 0 Å². The molecule has 5 nitrogen and oxygen atoms in total. The van der Waals surface area contributed by atoms with Crippen molar-refractivity contribution in [2.75, 3.05) is 0 Å². The third-order valence-corrected chi connectivity index (χ3v) is 4.05. The average Bonchev–Trinajstić information content (AvgIpc) is 2.85. The highest BCUT2D eigenvalue weighted by Crippen LogP contribution is 2.16. The molecule has 2 aromatic heterocycles. The number of allylic oxidation sites excluding steroid dienone is 1. The minimum Gasteiger partial charge on any atom is -0.422 e. The van der Waals surface area contributed by atoms with Crippen molar-refractivity contribution in [2.24, 2.45) is 0 Å². The Hall–Kier alpha value is -2.95. The number of carbonyl (C=O) groups is 1. The monoisotopic (exact) mass is 322 g/mol. The number of rotatable bonds is 4. The Morgan fingerprint density at radius 1 is 1.29 bits per heavy atom. The number of hydrogen-bond acceptors (Lipinski definition) is 4. The molecule has 0 atom stereocenters. The average molecular weight is 322 g/mol. The molecule has 0 aliphatic carbocycles. The van der Waals surface area contributed by atoms with E-state index < -0.39 is 5.63 Å². The van der Waals surface area contributed by atoms with Crippen LogP contribution in [0.25, 0.3) is 17.0 Å². The summed E-state index contributed by atoms with van der Waals surface area (Å²) in [5, 5.41) is 5.13. The molecule has 0 amide bonds. The number of aromatic nitrogens is 2. The Balaban J connectivity index is 1.97. The lowest BCUT2D eigenvalue weighted by molar-refractivity contribution is 0.104. The fourth-order valence-corrected chi connectivity index (χ4v) is 2.74. The third-order valence-electron chi connectivity index (χ3n) is 4.05. The molecule has 3 rings (SSSR count). The number of para-hydroxylation sites is 1. The van der Waals surface area contributed by atoms with E-state index in [4.69, 9.17) is 4.42 Å². The summed E-state index contributed by atoms with van der Waals surface area (Å²) in [6.07, 6.45) is 3.11. The van der Waals surface area contributed by atoms with E-state index in [9.17, 15) is 9.59 Å². The minimum absolute atomic E-state index is 0.0307. The lowest BCUT2D eigenvalue weighted by atomic mass is 10.1. The van der Waals surface area contributed by atoms with Crippen LogP contribution in [0, 0.1) is 13.8 Å². The van der Waals surface area contributed by atoms with Gasteiger partial charge in [0.05, 0.1) is 5.69 Å². The molecule has 122 valence electrons. The van der Waals surface area contributed by atoms with Gasteiger partial charge in [0, 0.05) is 23.2 Å². The number of benzene rings is 1. The first-order valence-corrected chi connectivity index (χ1v) is 7.80. The molecular weight excluding hydrogens is 304 g/mol. The number of fused-ring (bicyclic) bond motifs is 1. The Labute approximate surface area is 139 Å². The summed E-state index contributed by atoms with van der Waals surface area (Å²) in [6.45, 7) is 6.63. The fourth-order valence-electron chi connectivity index (χ4n) is 2.74. The standard InChI is InChI=1S/C19H18N2O3/c1-4-21-13(3)15(12(2)20-21)9-10-17(22)16-11-14-7-5-6-8-18(14)24-19(16)23/h5-11H,4H2,1-3H3.